The lowest BCUT2D eigenvalue weighted by Gasteiger charge is -2.12. The molecule has 9 heteroatoms. The van der Waals surface area contributed by atoms with Crippen molar-refractivity contribution in [3.8, 4) is 5.69 Å². The zero-order valence-corrected chi connectivity index (χ0v) is 17.8. The molecule has 152 valence electrons. The van der Waals surface area contributed by atoms with E-state index in [1.54, 1.807) is 35.6 Å². The molecule has 0 bridgehead atoms. The monoisotopic (exact) mass is 441 g/mol. The van der Waals surface area contributed by atoms with Crippen LogP contribution in [0.2, 0.25) is 5.15 Å². The van der Waals surface area contributed by atoms with Gasteiger partial charge in [0, 0.05) is 18.1 Å². The molecule has 0 saturated heterocycles. The molecule has 0 atom stereocenters. The fourth-order valence-electron chi connectivity index (χ4n) is 2.97. The predicted molar refractivity (Wildman–Crippen MR) is 119 cm³/mol. The second-order valence-electron chi connectivity index (χ2n) is 6.82. The van der Waals surface area contributed by atoms with Gasteiger partial charge in [0.05, 0.1) is 22.3 Å². The summed E-state index contributed by atoms with van der Waals surface area (Å²) in [4.78, 5) is 28.4. The Kier molecular flexibility index (Phi) is 5.72. The summed E-state index contributed by atoms with van der Waals surface area (Å²) in [5, 5.41) is 3.22. The summed E-state index contributed by atoms with van der Waals surface area (Å²) in [7, 11) is 3.96. The highest BCUT2D eigenvalue weighted by Gasteiger charge is 2.15. The molecular formula is C21H17ClFN5OS. The molecule has 0 amide bonds. The lowest BCUT2D eigenvalue weighted by Crippen LogP contribution is -2.23. The van der Waals surface area contributed by atoms with E-state index < -0.39 is 11.4 Å². The molecule has 0 aliphatic rings. The van der Waals surface area contributed by atoms with Crippen LogP contribution in [0.1, 0.15) is 16.5 Å². The SMILES string of the molecule is CN(C)Cc1nc(C=Cc2nc3ccc(F)cc3c(=O)n2-c2cccnc2Cl)cs1. The van der Waals surface area contributed by atoms with Crippen molar-refractivity contribution in [3.05, 3.63) is 79.8 Å². The molecule has 3 heterocycles. The Balaban J connectivity index is 1.87. The van der Waals surface area contributed by atoms with E-state index in [-0.39, 0.29) is 10.5 Å². The second kappa shape index (κ2) is 8.43. The molecule has 0 N–H and O–H groups in total. The predicted octanol–water partition coefficient (Wildman–Crippen LogP) is 4.26. The Morgan fingerprint density at radius 2 is 2.07 bits per heavy atom. The smallest absolute Gasteiger partial charge is 0.266 e. The van der Waals surface area contributed by atoms with Crippen LogP contribution in [0.25, 0.3) is 28.7 Å². The summed E-state index contributed by atoms with van der Waals surface area (Å²) in [5.74, 6) is -0.166. The molecule has 0 spiro atoms. The molecule has 30 heavy (non-hydrogen) atoms. The Bertz CT molecular complexity index is 1310. The maximum absolute atomic E-state index is 13.8. The van der Waals surface area contributed by atoms with Gasteiger partial charge in [-0.1, -0.05) is 11.6 Å². The van der Waals surface area contributed by atoms with Gasteiger partial charge in [-0.15, -0.1) is 11.3 Å². The Morgan fingerprint density at radius 3 is 2.83 bits per heavy atom. The van der Waals surface area contributed by atoms with Crippen molar-refractivity contribution in [1.82, 2.24) is 24.4 Å². The zero-order valence-electron chi connectivity index (χ0n) is 16.2. The molecule has 0 unspecified atom stereocenters. The van der Waals surface area contributed by atoms with E-state index >= 15 is 0 Å². The standard InChI is InChI=1S/C21H17ClFN5OS/c1-27(2)11-19-25-14(12-30-19)6-8-18-26-16-7-5-13(23)10-15(16)21(29)28(18)17-4-3-9-24-20(17)22/h3-10,12H,11H2,1-2H3. The molecule has 0 radical (unpaired) electrons. The van der Waals surface area contributed by atoms with Crippen molar-refractivity contribution in [3.63, 3.8) is 0 Å². The number of thiazole rings is 1. The largest absolute Gasteiger partial charge is 0.303 e. The number of pyridine rings is 1. The van der Waals surface area contributed by atoms with Crippen LogP contribution in [0.4, 0.5) is 4.39 Å². The Morgan fingerprint density at radius 1 is 1.23 bits per heavy atom. The van der Waals surface area contributed by atoms with Gasteiger partial charge in [0.15, 0.2) is 5.15 Å². The van der Waals surface area contributed by atoms with Gasteiger partial charge >= 0.3 is 0 Å². The van der Waals surface area contributed by atoms with E-state index in [4.69, 9.17) is 11.6 Å². The molecule has 0 saturated carbocycles. The Hall–Kier alpha value is -2.94. The Labute approximate surface area is 180 Å². The fraction of sp³-hybridized carbons (Fsp3) is 0.143. The molecule has 1 aromatic carbocycles. The van der Waals surface area contributed by atoms with Crippen LogP contribution in [0.15, 0.2) is 46.7 Å². The van der Waals surface area contributed by atoms with E-state index in [1.807, 2.05) is 24.4 Å². The third-order valence-corrected chi connectivity index (χ3v) is 5.40. The summed E-state index contributed by atoms with van der Waals surface area (Å²) < 4.78 is 15.1. The molecular weight excluding hydrogens is 425 g/mol. The van der Waals surface area contributed by atoms with Gasteiger partial charge in [0.2, 0.25) is 0 Å². The maximum atomic E-state index is 13.8. The fourth-order valence-corrected chi connectivity index (χ4v) is 4.05. The van der Waals surface area contributed by atoms with Crippen molar-refractivity contribution in [2.75, 3.05) is 14.1 Å². The van der Waals surface area contributed by atoms with E-state index in [0.717, 1.165) is 17.2 Å². The molecule has 0 aliphatic heterocycles. The first kappa shape index (κ1) is 20.3. The summed E-state index contributed by atoms with van der Waals surface area (Å²) in [6, 6.07) is 7.27. The quantitative estimate of drug-likeness (QED) is 0.433. The first-order chi connectivity index (χ1) is 14.4. The van der Waals surface area contributed by atoms with Gasteiger partial charge < -0.3 is 4.90 Å². The highest BCUT2D eigenvalue weighted by Crippen LogP contribution is 2.21. The number of nitrogens with zero attached hydrogens (tertiary/aromatic N) is 5. The summed E-state index contributed by atoms with van der Waals surface area (Å²) in [6.45, 7) is 0.744. The topological polar surface area (TPSA) is 63.9 Å². The molecule has 4 aromatic rings. The second-order valence-corrected chi connectivity index (χ2v) is 8.12. The van der Waals surface area contributed by atoms with Crippen molar-refractivity contribution >= 4 is 46.0 Å². The highest BCUT2D eigenvalue weighted by molar-refractivity contribution is 7.09. The van der Waals surface area contributed by atoms with E-state index in [1.165, 1.54) is 29.0 Å². The van der Waals surface area contributed by atoms with Gasteiger partial charge in [-0.3, -0.25) is 9.36 Å². The van der Waals surface area contributed by atoms with Crippen molar-refractivity contribution in [2.45, 2.75) is 6.54 Å². The molecule has 0 fully saturated rings. The van der Waals surface area contributed by atoms with Gasteiger partial charge in [0.1, 0.15) is 16.6 Å². The number of rotatable bonds is 5. The number of benzene rings is 1. The van der Waals surface area contributed by atoms with Crippen LogP contribution >= 0.6 is 22.9 Å². The average Bonchev–Trinajstić information content (AvgIpc) is 3.14. The number of hydrogen-bond acceptors (Lipinski definition) is 6. The van der Waals surface area contributed by atoms with Crippen molar-refractivity contribution in [1.29, 1.82) is 0 Å². The van der Waals surface area contributed by atoms with Crippen molar-refractivity contribution in [2.24, 2.45) is 0 Å². The minimum atomic E-state index is -0.510. The minimum absolute atomic E-state index is 0.147. The van der Waals surface area contributed by atoms with Gasteiger partial charge in [-0.2, -0.15) is 0 Å². The van der Waals surface area contributed by atoms with E-state index in [0.29, 0.717) is 17.0 Å². The molecule has 4 rings (SSSR count). The lowest BCUT2D eigenvalue weighted by atomic mass is 10.2. The van der Waals surface area contributed by atoms with Gasteiger partial charge in [0.25, 0.3) is 5.56 Å². The van der Waals surface area contributed by atoms with Crippen LogP contribution in [0.3, 0.4) is 0 Å². The molecule has 0 aliphatic carbocycles. The highest BCUT2D eigenvalue weighted by atomic mass is 35.5. The van der Waals surface area contributed by atoms with Crippen LogP contribution in [0, 0.1) is 5.82 Å². The van der Waals surface area contributed by atoms with E-state index in [2.05, 4.69) is 15.0 Å². The maximum Gasteiger partial charge on any atom is 0.266 e. The van der Waals surface area contributed by atoms with Crippen molar-refractivity contribution < 1.29 is 4.39 Å². The molecule has 6 nitrogen and oxygen atoms in total. The minimum Gasteiger partial charge on any atom is -0.303 e. The van der Waals surface area contributed by atoms with E-state index in [9.17, 15) is 9.18 Å². The first-order valence-electron chi connectivity index (χ1n) is 9.03. The third kappa shape index (κ3) is 4.16. The molecule has 3 aromatic heterocycles. The lowest BCUT2D eigenvalue weighted by molar-refractivity contribution is 0.401. The summed E-state index contributed by atoms with van der Waals surface area (Å²) >= 11 is 7.80. The number of halogens is 2. The zero-order chi connectivity index (χ0) is 21.3. The normalized spacial score (nSPS) is 11.8. The number of aromatic nitrogens is 4. The number of fused-ring (bicyclic) bond motifs is 1. The van der Waals surface area contributed by atoms with Crippen LogP contribution in [-0.4, -0.2) is 38.5 Å². The summed E-state index contributed by atoms with van der Waals surface area (Å²) in [5.41, 5.74) is 1.09. The first-order valence-corrected chi connectivity index (χ1v) is 10.3. The van der Waals surface area contributed by atoms with Gasteiger partial charge in [-0.05, 0) is 56.6 Å². The van der Waals surface area contributed by atoms with Gasteiger partial charge in [-0.25, -0.2) is 19.3 Å². The summed E-state index contributed by atoms with van der Waals surface area (Å²) in [6.07, 6.45) is 5.01. The third-order valence-electron chi connectivity index (χ3n) is 4.26. The average molecular weight is 442 g/mol. The van der Waals surface area contributed by atoms with Crippen LogP contribution in [0.5, 0.6) is 0 Å². The van der Waals surface area contributed by atoms with Crippen LogP contribution < -0.4 is 5.56 Å². The van der Waals surface area contributed by atoms with Crippen LogP contribution in [-0.2, 0) is 6.54 Å². The number of hydrogen-bond donors (Lipinski definition) is 0.